The Morgan fingerprint density at radius 3 is 2.12 bits per heavy atom. The van der Waals surface area contributed by atoms with Crippen molar-refractivity contribution >= 4 is 0 Å². The maximum atomic E-state index is 3.65. The van der Waals surface area contributed by atoms with Crippen molar-refractivity contribution in [3.63, 3.8) is 0 Å². The zero-order valence-corrected chi connectivity index (χ0v) is 12.7. The molecule has 17 heavy (non-hydrogen) atoms. The van der Waals surface area contributed by atoms with Gasteiger partial charge in [0.1, 0.15) is 0 Å². The summed E-state index contributed by atoms with van der Waals surface area (Å²) in [5, 5.41) is 3.65. The van der Waals surface area contributed by atoms with Gasteiger partial charge in [0.2, 0.25) is 0 Å². The summed E-state index contributed by atoms with van der Waals surface area (Å²) in [5.41, 5.74) is 0. The molecule has 0 rings (SSSR count). The van der Waals surface area contributed by atoms with Crippen LogP contribution in [-0.2, 0) is 0 Å². The summed E-state index contributed by atoms with van der Waals surface area (Å²) in [6.45, 7) is 10.3. The lowest BCUT2D eigenvalue weighted by Gasteiger charge is -2.21. The molecule has 0 aromatic heterocycles. The topological polar surface area (TPSA) is 12.0 Å². The predicted molar refractivity (Wildman–Crippen MR) is 79.5 cm³/mol. The molecule has 104 valence electrons. The third-order valence-electron chi connectivity index (χ3n) is 3.78. The molecule has 0 amide bonds. The van der Waals surface area contributed by atoms with Crippen LogP contribution in [0.4, 0.5) is 0 Å². The van der Waals surface area contributed by atoms with Gasteiger partial charge in [-0.3, -0.25) is 0 Å². The first-order valence-corrected chi connectivity index (χ1v) is 7.97. The minimum absolute atomic E-state index is 0.765. The van der Waals surface area contributed by atoms with E-state index in [0.29, 0.717) is 0 Å². The van der Waals surface area contributed by atoms with Crippen molar-refractivity contribution in [3.05, 3.63) is 0 Å². The van der Waals surface area contributed by atoms with Gasteiger partial charge in [-0.25, -0.2) is 0 Å². The molecule has 0 aliphatic heterocycles. The van der Waals surface area contributed by atoms with Crippen LogP contribution in [0.5, 0.6) is 0 Å². The molecule has 0 aromatic rings. The highest BCUT2D eigenvalue weighted by Crippen LogP contribution is 2.15. The predicted octanol–water partition coefficient (Wildman–Crippen LogP) is 5.15. The summed E-state index contributed by atoms with van der Waals surface area (Å²) in [7, 11) is 0. The van der Waals surface area contributed by atoms with Crippen molar-refractivity contribution in [1.29, 1.82) is 0 Å². The largest absolute Gasteiger partial charge is 0.314 e. The highest BCUT2D eigenvalue weighted by molar-refractivity contribution is 4.69. The molecule has 0 bridgehead atoms. The Kier molecular flexibility index (Phi) is 12.4. The van der Waals surface area contributed by atoms with Gasteiger partial charge >= 0.3 is 0 Å². The highest BCUT2D eigenvalue weighted by atomic mass is 14.9. The molecule has 0 aliphatic rings. The zero-order valence-electron chi connectivity index (χ0n) is 12.7. The van der Waals surface area contributed by atoms with Gasteiger partial charge < -0.3 is 5.32 Å². The maximum absolute atomic E-state index is 3.65. The molecule has 0 spiro atoms. The first-order chi connectivity index (χ1) is 8.24. The van der Waals surface area contributed by atoms with Crippen LogP contribution in [0.2, 0.25) is 0 Å². The Labute approximate surface area is 110 Å². The van der Waals surface area contributed by atoms with Crippen molar-refractivity contribution in [3.8, 4) is 0 Å². The van der Waals surface area contributed by atoms with E-state index >= 15 is 0 Å². The summed E-state index contributed by atoms with van der Waals surface area (Å²) in [6, 6.07) is 0.765. The first-order valence-electron chi connectivity index (χ1n) is 7.97. The standard InChI is InChI=1S/C16H35N/c1-5-8-9-10-11-12-13-16(17-7-3)14-15(4)6-2/h15-17H,5-14H2,1-4H3. The van der Waals surface area contributed by atoms with Crippen LogP contribution in [0, 0.1) is 5.92 Å². The molecule has 1 heteroatoms. The van der Waals surface area contributed by atoms with Gasteiger partial charge in [0.05, 0.1) is 0 Å². The van der Waals surface area contributed by atoms with Crippen LogP contribution in [-0.4, -0.2) is 12.6 Å². The zero-order chi connectivity index (χ0) is 12.9. The molecular weight excluding hydrogens is 206 g/mol. The second kappa shape index (κ2) is 12.4. The molecule has 2 unspecified atom stereocenters. The van der Waals surface area contributed by atoms with Crippen molar-refractivity contribution in [2.45, 2.75) is 91.5 Å². The van der Waals surface area contributed by atoms with Gasteiger partial charge in [-0.2, -0.15) is 0 Å². The fraction of sp³-hybridized carbons (Fsp3) is 1.00. The van der Waals surface area contributed by atoms with E-state index in [1.807, 2.05) is 0 Å². The maximum Gasteiger partial charge on any atom is 0.00694 e. The number of unbranched alkanes of at least 4 members (excludes halogenated alkanes) is 5. The van der Waals surface area contributed by atoms with Crippen molar-refractivity contribution < 1.29 is 0 Å². The average molecular weight is 241 g/mol. The Hall–Kier alpha value is -0.0400. The number of nitrogens with one attached hydrogen (secondary N) is 1. The van der Waals surface area contributed by atoms with E-state index in [1.54, 1.807) is 0 Å². The lowest BCUT2D eigenvalue weighted by atomic mass is 9.95. The number of hydrogen-bond donors (Lipinski definition) is 1. The normalized spacial score (nSPS) is 14.8. The third-order valence-corrected chi connectivity index (χ3v) is 3.78. The Morgan fingerprint density at radius 2 is 1.53 bits per heavy atom. The van der Waals surface area contributed by atoms with Gasteiger partial charge in [0, 0.05) is 6.04 Å². The van der Waals surface area contributed by atoms with E-state index in [1.165, 1.54) is 57.8 Å². The lowest BCUT2D eigenvalue weighted by Crippen LogP contribution is -2.30. The lowest BCUT2D eigenvalue weighted by molar-refractivity contribution is 0.371. The first kappa shape index (κ1) is 17.0. The van der Waals surface area contributed by atoms with Crippen molar-refractivity contribution in [2.75, 3.05) is 6.54 Å². The molecule has 0 saturated carbocycles. The van der Waals surface area contributed by atoms with E-state index in [0.717, 1.165) is 18.5 Å². The van der Waals surface area contributed by atoms with E-state index in [4.69, 9.17) is 0 Å². The van der Waals surface area contributed by atoms with Crippen LogP contribution in [0.3, 0.4) is 0 Å². The molecule has 0 aromatic carbocycles. The SMILES string of the molecule is CCCCCCCCC(CC(C)CC)NCC. The molecule has 0 fully saturated rings. The molecule has 1 N–H and O–H groups in total. The minimum Gasteiger partial charge on any atom is -0.314 e. The second-order valence-electron chi connectivity index (χ2n) is 5.56. The summed E-state index contributed by atoms with van der Waals surface area (Å²) < 4.78 is 0. The Bertz CT molecular complexity index is 144. The van der Waals surface area contributed by atoms with Crippen molar-refractivity contribution in [2.24, 2.45) is 5.92 Å². The number of rotatable bonds is 12. The molecule has 0 saturated heterocycles. The highest BCUT2D eigenvalue weighted by Gasteiger charge is 2.10. The van der Waals surface area contributed by atoms with E-state index in [2.05, 4.69) is 33.0 Å². The monoisotopic (exact) mass is 241 g/mol. The molecule has 1 nitrogen and oxygen atoms in total. The van der Waals surface area contributed by atoms with E-state index < -0.39 is 0 Å². The van der Waals surface area contributed by atoms with Crippen LogP contribution >= 0.6 is 0 Å². The van der Waals surface area contributed by atoms with Crippen molar-refractivity contribution in [1.82, 2.24) is 5.32 Å². The van der Waals surface area contributed by atoms with Crippen LogP contribution in [0.15, 0.2) is 0 Å². The van der Waals surface area contributed by atoms with Gasteiger partial charge in [0.25, 0.3) is 0 Å². The Balaban J connectivity index is 3.55. The number of hydrogen-bond acceptors (Lipinski definition) is 1. The molecule has 0 radical (unpaired) electrons. The quantitative estimate of drug-likeness (QED) is 0.466. The molecule has 2 atom stereocenters. The average Bonchev–Trinajstić information content (AvgIpc) is 2.33. The summed E-state index contributed by atoms with van der Waals surface area (Å²) in [5.74, 6) is 0.874. The fourth-order valence-electron chi connectivity index (χ4n) is 2.42. The Morgan fingerprint density at radius 1 is 0.882 bits per heavy atom. The second-order valence-corrected chi connectivity index (χ2v) is 5.56. The summed E-state index contributed by atoms with van der Waals surface area (Å²) in [6.07, 6.45) is 12.6. The smallest absolute Gasteiger partial charge is 0.00694 e. The van der Waals surface area contributed by atoms with Crippen LogP contribution < -0.4 is 5.32 Å². The summed E-state index contributed by atoms with van der Waals surface area (Å²) >= 11 is 0. The van der Waals surface area contributed by atoms with Gasteiger partial charge in [-0.15, -0.1) is 0 Å². The van der Waals surface area contributed by atoms with E-state index in [9.17, 15) is 0 Å². The molecule has 0 aliphatic carbocycles. The molecule has 0 heterocycles. The van der Waals surface area contributed by atoms with Crippen LogP contribution in [0.1, 0.15) is 85.5 Å². The van der Waals surface area contributed by atoms with Gasteiger partial charge in [-0.05, 0) is 25.3 Å². The third kappa shape index (κ3) is 10.8. The van der Waals surface area contributed by atoms with E-state index in [-0.39, 0.29) is 0 Å². The minimum atomic E-state index is 0.765. The fourth-order valence-corrected chi connectivity index (χ4v) is 2.42. The van der Waals surface area contributed by atoms with Gasteiger partial charge in [-0.1, -0.05) is 72.6 Å². The van der Waals surface area contributed by atoms with Crippen LogP contribution in [0.25, 0.3) is 0 Å². The van der Waals surface area contributed by atoms with Gasteiger partial charge in [0.15, 0.2) is 0 Å². The molecular formula is C16H35N. The summed E-state index contributed by atoms with van der Waals surface area (Å²) in [4.78, 5) is 0.